The Balaban J connectivity index is 1.80. The Morgan fingerprint density at radius 2 is 2.21 bits per heavy atom. The lowest BCUT2D eigenvalue weighted by atomic mass is 10.2. The molecule has 1 fully saturated rings. The van der Waals surface area contributed by atoms with E-state index in [1.54, 1.807) is 35.0 Å². The third-order valence-corrected chi connectivity index (χ3v) is 4.41. The Bertz CT molecular complexity index is 660. The highest BCUT2D eigenvalue weighted by Crippen LogP contribution is 2.18. The van der Waals surface area contributed by atoms with Gasteiger partial charge in [0.15, 0.2) is 11.6 Å². The van der Waals surface area contributed by atoms with Crippen LogP contribution in [0.3, 0.4) is 0 Å². The van der Waals surface area contributed by atoms with E-state index in [-0.39, 0.29) is 37.1 Å². The van der Waals surface area contributed by atoms with Crippen LogP contribution in [0.15, 0.2) is 24.3 Å². The van der Waals surface area contributed by atoms with Gasteiger partial charge in [-0.15, -0.1) is 0 Å². The molecule has 0 aliphatic carbocycles. The minimum atomic E-state index is -0.909. The number of nitrogens with one attached hydrogen (secondary N) is 1. The van der Waals surface area contributed by atoms with E-state index in [0.717, 1.165) is 0 Å². The SMILES string of the molecule is CCC(CNC(=O)N1CCOC(CN(C)CC(=O)O)C1)Oc1ccccc1F. The Kier molecular flexibility index (Phi) is 8.46. The molecule has 0 saturated carbocycles. The number of likely N-dealkylation sites (N-methyl/N-ethyl adjacent to an activating group) is 1. The molecule has 1 aromatic rings. The van der Waals surface area contributed by atoms with E-state index in [2.05, 4.69) is 5.32 Å². The van der Waals surface area contributed by atoms with Gasteiger partial charge < -0.3 is 24.8 Å². The number of benzene rings is 1. The van der Waals surface area contributed by atoms with Gasteiger partial charge in [-0.05, 0) is 25.6 Å². The lowest BCUT2D eigenvalue weighted by Crippen LogP contribution is -2.53. The minimum Gasteiger partial charge on any atom is -0.486 e. The van der Waals surface area contributed by atoms with E-state index in [0.29, 0.717) is 32.7 Å². The Labute approximate surface area is 164 Å². The first-order chi connectivity index (χ1) is 13.4. The second-order valence-electron chi connectivity index (χ2n) is 6.79. The number of carboxylic acids is 1. The maximum atomic E-state index is 13.7. The molecular weight excluding hydrogens is 369 g/mol. The third-order valence-electron chi connectivity index (χ3n) is 4.41. The lowest BCUT2D eigenvalue weighted by Gasteiger charge is -2.34. The van der Waals surface area contributed by atoms with Gasteiger partial charge in [0.05, 0.1) is 25.8 Å². The first-order valence-electron chi connectivity index (χ1n) is 9.35. The largest absolute Gasteiger partial charge is 0.486 e. The van der Waals surface area contributed by atoms with E-state index in [9.17, 15) is 14.0 Å². The maximum absolute atomic E-state index is 13.7. The number of aliphatic carboxylic acids is 1. The van der Waals surface area contributed by atoms with Crippen molar-refractivity contribution in [3.8, 4) is 5.75 Å². The van der Waals surface area contributed by atoms with Gasteiger partial charge in [-0.1, -0.05) is 19.1 Å². The zero-order valence-electron chi connectivity index (χ0n) is 16.3. The number of urea groups is 1. The highest BCUT2D eigenvalue weighted by Gasteiger charge is 2.26. The van der Waals surface area contributed by atoms with Crippen molar-refractivity contribution in [2.75, 3.05) is 46.4 Å². The van der Waals surface area contributed by atoms with E-state index in [4.69, 9.17) is 14.6 Å². The molecule has 2 unspecified atom stereocenters. The van der Waals surface area contributed by atoms with Crippen LogP contribution in [0.2, 0.25) is 0 Å². The molecule has 2 N–H and O–H groups in total. The van der Waals surface area contributed by atoms with Gasteiger partial charge in [0.2, 0.25) is 0 Å². The summed E-state index contributed by atoms with van der Waals surface area (Å²) in [7, 11) is 1.70. The molecule has 1 saturated heterocycles. The van der Waals surface area contributed by atoms with Crippen molar-refractivity contribution < 1.29 is 28.6 Å². The number of ether oxygens (including phenoxy) is 2. The summed E-state index contributed by atoms with van der Waals surface area (Å²) in [6.45, 7) is 3.71. The predicted molar refractivity (Wildman–Crippen MR) is 101 cm³/mol. The van der Waals surface area contributed by atoms with Crippen molar-refractivity contribution >= 4 is 12.0 Å². The standard InChI is InChI=1S/C19H28FN3O5/c1-3-14(28-17-7-5-4-6-16(17)20)10-21-19(26)23-8-9-27-15(12-23)11-22(2)13-18(24)25/h4-7,14-15H,3,8-13H2,1-2H3,(H,21,26)(H,24,25). The average molecular weight is 397 g/mol. The second-order valence-corrected chi connectivity index (χ2v) is 6.79. The Morgan fingerprint density at radius 3 is 2.89 bits per heavy atom. The minimum absolute atomic E-state index is 0.0857. The predicted octanol–water partition coefficient (Wildman–Crippen LogP) is 1.41. The number of para-hydroxylation sites is 1. The van der Waals surface area contributed by atoms with Crippen molar-refractivity contribution in [3.05, 3.63) is 30.1 Å². The van der Waals surface area contributed by atoms with E-state index in [1.807, 2.05) is 6.92 Å². The lowest BCUT2D eigenvalue weighted by molar-refractivity contribution is -0.138. The summed E-state index contributed by atoms with van der Waals surface area (Å²) >= 11 is 0. The van der Waals surface area contributed by atoms with Crippen LogP contribution in [-0.2, 0) is 9.53 Å². The molecule has 1 aliphatic heterocycles. The molecule has 28 heavy (non-hydrogen) atoms. The van der Waals surface area contributed by atoms with Crippen LogP contribution in [0.5, 0.6) is 5.75 Å². The van der Waals surface area contributed by atoms with Crippen LogP contribution in [0.4, 0.5) is 9.18 Å². The van der Waals surface area contributed by atoms with E-state index >= 15 is 0 Å². The summed E-state index contributed by atoms with van der Waals surface area (Å²) in [5.74, 6) is -1.18. The van der Waals surface area contributed by atoms with Crippen molar-refractivity contribution in [2.45, 2.75) is 25.6 Å². The summed E-state index contributed by atoms with van der Waals surface area (Å²) in [6.07, 6.45) is 0.0141. The summed E-state index contributed by atoms with van der Waals surface area (Å²) < 4.78 is 25.0. The maximum Gasteiger partial charge on any atom is 0.317 e. The Morgan fingerprint density at radius 1 is 1.46 bits per heavy atom. The number of carbonyl (C=O) groups is 2. The zero-order valence-corrected chi connectivity index (χ0v) is 16.3. The monoisotopic (exact) mass is 397 g/mol. The third kappa shape index (κ3) is 6.97. The van der Waals surface area contributed by atoms with Crippen molar-refractivity contribution in [1.29, 1.82) is 0 Å². The number of amides is 2. The van der Waals surface area contributed by atoms with Crippen LogP contribution >= 0.6 is 0 Å². The Hall–Kier alpha value is -2.39. The van der Waals surface area contributed by atoms with Crippen molar-refractivity contribution in [1.82, 2.24) is 15.1 Å². The van der Waals surface area contributed by atoms with Gasteiger partial charge in [-0.2, -0.15) is 0 Å². The van der Waals surface area contributed by atoms with Crippen LogP contribution in [0.1, 0.15) is 13.3 Å². The molecule has 156 valence electrons. The molecule has 8 nitrogen and oxygen atoms in total. The van der Waals surface area contributed by atoms with Gasteiger partial charge in [0, 0.05) is 19.6 Å². The number of morpholine rings is 1. The van der Waals surface area contributed by atoms with Crippen LogP contribution in [-0.4, -0.2) is 85.5 Å². The summed E-state index contributed by atoms with van der Waals surface area (Å²) in [6, 6.07) is 5.92. The quantitative estimate of drug-likeness (QED) is 0.655. The van der Waals surface area contributed by atoms with E-state index < -0.39 is 11.8 Å². The van der Waals surface area contributed by atoms with Crippen LogP contribution in [0.25, 0.3) is 0 Å². The van der Waals surface area contributed by atoms with Crippen LogP contribution < -0.4 is 10.1 Å². The fraction of sp³-hybridized carbons (Fsp3) is 0.579. The van der Waals surface area contributed by atoms with Crippen LogP contribution in [0, 0.1) is 5.82 Å². The number of nitrogens with zero attached hydrogens (tertiary/aromatic N) is 2. The molecule has 1 heterocycles. The van der Waals surface area contributed by atoms with Gasteiger partial charge in [0.25, 0.3) is 0 Å². The highest BCUT2D eigenvalue weighted by atomic mass is 19.1. The summed E-state index contributed by atoms with van der Waals surface area (Å²) in [5.41, 5.74) is 0. The number of rotatable bonds is 9. The molecule has 0 bridgehead atoms. The molecule has 0 radical (unpaired) electrons. The fourth-order valence-corrected chi connectivity index (χ4v) is 2.96. The number of hydrogen-bond acceptors (Lipinski definition) is 5. The van der Waals surface area contributed by atoms with Gasteiger partial charge in [-0.3, -0.25) is 9.69 Å². The highest BCUT2D eigenvalue weighted by molar-refractivity contribution is 5.74. The molecule has 1 aromatic carbocycles. The normalized spacial score (nSPS) is 18.0. The number of carbonyl (C=O) groups excluding carboxylic acids is 1. The first kappa shape index (κ1) is 21.9. The number of hydrogen-bond donors (Lipinski definition) is 2. The van der Waals surface area contributed by atoms with Crippen molar-refractivity contribution in [2.24, 2.45) is 0 Å². The average Bonchev–Trinajstić information content (AvgIpc) is 2.65. The smallest absolute Gasteiger partial charge is 0.317 e. The fourth-order valence-electron chi connectivity index (χ4n) is 2.96. The molecule has 0 aromatic heterocycles. The van der Waals surface area contributed by atoms with Crippen molar-refractivity contribution in [3.63, 3.8) is 0 Å². The molecule has 9 heteroatoms. The molecule has 0 spiro atoms. The molecule has 2 atom stereocenters. The van der Waals surface area contributed by atoms with E-state index in [1.165, 1.54) is 6.07 Å². The number of carboxylic acid groups (broad SMARTS) is 1. The number of halogens is 1. The van der Waals surface area contributed by atoms with Gasteiger partial charge in [-0.25, -0.2) is 9.18 Å². The van der Waals surface area contributed by atoms with Gasteiger partial charge in [0.1, 0.15) is 6.10 Å². The summed E-state index contributed by atoms with van der Waals surface area (Å²) in [4.78, 5) is 26.5. The molecule has 2 amide bonds. The topological polar surface area (TPSA) is 91.3 Å². The first-order valence-corrected chi connectivity index (χ1v) is 9.35. The molecular formula is C19H28FN3O5. The zero-order chi connectivity index (χ0) is 20.5. The molecule has 1 aliphatic rings. The second kappa shape index (κ2) is 10.8. The van der Waals surface area contributed by atoms with Gasteiger partial charge >= 0.3 is 12.0 Å². The summed E-state index contributed by atoms with van der Waals surface area (Å²) in [5, 5.41) is 11.7. The molecule has 2 rings (SSSR count).